The highest BCUT2D eigenvalue weighted by Crippen LogP contribution is 2.34. The number of hydrogen-bond acceptors (Lipinski definition) is 4. The van der Waals surface area contributed by atoms with E-state index in [1.165, 1.54) is 10.5 Å². The number of hydrogen-bond donors (Lipinski definition) is 1. The van der Waals surface area contributed by atoms with Crippen molar-refractivity contribution in [2.45, 2.75) is 38.1 Å². The maximum absolute atomic E-state index is 12.2. The number of amides is 1. The van der Waals surface area contributed by atoms with Gasteiger partial charge in [-0.2, -0.15) is 0 Å². The Morgan fingerprint density at radius 1 is 1.22 bits per heavy atom. The predicted molar refractivity (Wildman–Crippen MR) is 109 cm³/mol. The number of rotatable bonds is 5. The van der Waals surface area contributed by atoms with Crippen LogP contribution < -0.4 is 10.5 Å². The molecule has 1 unspecified atom stereocenters. The normalized spacial score (nSPS) is 21.0. The van der Waals surface area contributed by atoms with E-state index in [4.69, 9.17) is 10.5 Å². The van der Waals surface area contributed by atoms with Crippen molar-refractivity contribution >= 4 is 11.9 Å². The minimum atomic E-state index is -0.473. The summed E-state index contributed by atoms with van der Waals surface area (Å²) < 4.78 is 5.33. The van der Waals surface area contributed by atoms with Crippen LogP contribution in [0.2, 0.25) is 0 Å². The van der Waals surface area contributed by atoms with Crippen LogP contribution in [-0.2, 0) is 4.79 Å². The maximum Gasteiger partial charge on any atom is 0.231 e. The summed E-state index contributed by atoms with van der Waals surface area (Å²) in [5.74, 6) is 1.40. The van der Waals surface area contributed by atoms with Crippen molar-refractivity contribution in [1.29, 1.82) is 0 Å². The fourth-order valence-electron chi connectivity index (χ4n) is 3.69. The van der Waals surface area contributed by atoms with E-state index in [0.29, 0.717) is 12.4 Å². The first-order valence-electron chi connectivity index (χ1n) is 9.17. The highest BCUT2D eigenvalue weighted by Gasteiger charge is 2.35. The smallest absolute Gasteiger partial charge is 0.231 e. The van der Waals surface area contributed by atoms with Crippen LogP contribution in [0, 0.1) is 0 Å². The Bertz CT molecular complexity index is 877. The highest BCUT2D eigenvalue weighted by molar-refractivity contribution is 5.98. The molecule has 5 nitrogen and oxygen atoms in total. The molecule has 1 aliphatic rings. The molecular weight excluding hydrogens is 338 g/mol. The second kappa shape index (κ2) is 7.43. The van der Waals surface area contributed by atoms with Gasteiger partial charge in [-0.25, -0.2) is 4.99 Å². The number of carbonyl (C=O) groups is 1. The van der Waals surface area contributed by atoms with Gasteiger partial charge in [0, 0.05) is 7.05 Å². The van der Waals surface area contributed by atoms with Crippen molar-refractivity contribution in [3.8, 4) is 16.9 Å². The first-order chi connectivity index (χ1) is 12.8. The lowest BCUT2D eigenvalue weighted by atomic mass is 9.82. The summed E-state index contributed by atoms with van der Waals surface area (Å²) in [5, 5.41) is 0. The Hall–Kier alpha value is -2.82. The van der Waals surface area contributed by atoms with Crippen LogP contribution in [0.1, 0.15) is 38.2 Å². The Kier molecular flexibility index (Phi) is 5.22. The van der Waals surface area contributed by atoms with Crippen molar-refractivity contribution in [2.75, 3.05) is 14.2 Å². The summed E-state index contributed by atoms with van der Waals surface area (Å²) in [6.45, 7) is 4.18. The van der Waals surface area contributed by atoms with Gasteiger partial charge >= 0.3 is 0 Å². The quantitative estimate of drug-likeness (QED) is 0.876. The van der Waals surface area contributed by atoms with E-state index in [2.05, 4.69) is 42.2 Å². The molecule has 0 saturated heterocycles. The second-order valence-corrected chi connectivity index (χ2v) is 7.56. The number of guanidine groups is 1. The van der Waals surface area contributed by atoms with Crippen LogP contribution in [-0.4, -0.2) is 36.5 Å². The summed E-state index contributed by atoms with van der Waals surface area (Å²) in [6, 6.07) is 16.5. The molecule has 0 saturated carbocycles. The third kappa shape index (κ3) is 4.13. The van der Waals surface area contributed by atoms with Crippen molar-refractivity contribution in [1.82, 2.24) is 4.90 Å². The van der Waals surface area contributed by atoms with Crippen molar-refractivity contribution in [3.63, 3.8) is 0 Å². The molecule has 2 N–H and O–H groups in total. The van der Waals surface area contributed by atoms with Gasteiger partial charge in [-0.15, -0.1) is 0 Å². The molecule has 2 atom stereocenters. The summed E-state index contributed by atoms with van der Waals surface area (Å²) in [6.07, 6.45) is 1.14. The van der Waals surface area contributed by atoms with Crippen LogP contribution in [0.4, 0.5) is 0 Å². The SMILES string of the molecule is COc1cccc(-c2cccc(C(C)C[C@]3(C)CC(=O)N(C)C(N)=N3)c2)c1. The van der Waals surface area contributed by atoms with Gasteiger partial charge < -0.3 is 10.5 Å². The third-order valence-electron chi connectivity index (χ3n) is 5.24. The highest BCUT2D eigenvalue weighted by atomic mass is 16.5. The van der Waals surface area contributed by atoms with Crippen LogP contribution in [0.25, 0.3) is 11.1 Å². The first-order valence-corrected chi connectivity index (χ1v) is 9.17. The van der Waals surface area contributed by atoms with Crippen LogP contribution in [0.3, 0.4) is 0 Å². The van der Waals surface area contributed by atoms with Gasteiger partial charge in [-0.1, -0.05) is 43.3 Å². The molecule has 2 aromatic rings. The topological polar surface area (TPSA) is 67.9 Å². The first kappa shape index (κ1) is 19.0. The molecular formula is C22H27N3O2. The summed E-state index contributed by atoms with van der Waals surface area (Å²) in [5.41, 5.74) is 8.94. The van der Waals surface area contributed by atoms with E-state index >= 15 is 0 Å². The number of ether oxygens (including phenoxy) is 1. The second-order valence-electron chi connectivity index (χ2n) is 7.56. The molecule has 0 spiro atoms. The third-order valence-corrected chi connectivity index (χ3v) is 5.24. The fourth-order valence-corrected chi connectivity index (χ4v) is 3.69. The number of methoxy groups -OCH3 is 1. The van der Waals surface area contributed by atoms with E-state index < -0.39 is 5.54 Å². The molecule has 0 fully saturated rings. The molecule has 142 valence electrons. The molecule has 2 aromatic carbocycles. The Labute approximate surface area is 160 Å². The Balaban J connectivity index is 1.83. The van der Waals surface area contributed by atoms with Crippen LogP contribution in [0.15, 0.2) is 53.5 Å². The molecule has 0 radical (unpaired) electrons. The molecule has 0 bridgehead atoms. The minimum absolute atomic E-state index is 0.0160. The molecule has 1 amide bonds. The lowest BCUT2D eigenvalue weighted by Gasteiger charge is -2.35. The van der Waals surface area contributed by atoms with Gasteiger partial charge in [0.05, 0.1) is 19.1 Å². The average Bonchev–Trinajstić information content (AvgIpc) is 2.66. The molecule has 27 heavy (non-hydrogen) atoms. The number of nitrogens with two attached hydrogens (primary N) is 1. The Morgan fingerprint density at radius 3 is 2.56 bits per heavy atom. The van der Waals surface area contributed by atoms with Crippen molar-refractivity contribution in [3.05, 3.63) is 54.1 Å². The monoisotopic (exact) mass is 365 g/mol. The molecule has 5 heteroatoms. The van der Waals surface area contributed by atoms with Gasteiger partial charge in [0.25, 0.3) is 0 Å². The standard InChI is InChI=1S/C22H27N3O2/c1-15(13-22(2)14-20(26)25(3)21(23)24-22)16-7-5-8-17(11-16)18-9-6-10-19(12-18)27-4/h5-12,15H,13-14H2,1-4H3,(H2,23,24)/t15?,22-/m1/s1. The molecule has 1 heterocycles. The van der Waals surface area contributed by atoms with E-state index in [9.17, 15) is 4.79 Å². The lowest BCUT2D eigenvalue weighted by Crippen LogP contribution is -2.48. The van der Waals surface area contributed by atoms with Gasteiger partial charge in [-0.05, 0) is 48.1 Å². The zero-order valence-corrected chi connectivity index (χ0v) is 16.4. The lowest BCUT2D eigenvalue weighted by molar-refractivity contribution is -0.128. The van der Waals surface area contributed by atoms with Crippen LogP contribution in [0.5, 0.6) is 5.75 Å². The predicted octanol–water partition coefficient (Wildman–Crippen LogP) is 3.79. The number of aliphatic imine (C=N–C) groups is 1. The summed E-state index contributed by atoms with van der Waals surface area (Å²) >= 11 is 0. The van der Waals surface area contributed by atoms with E-state index in [1.807, 2.05) is 25.1 Å². The molecule has 0 aromatic heterocycles. The fraction of sp³-hybridized carbons (Fsp3) is 0.364. The van der Waals surface area contributed by atoms with E-state index in [-0.39, 0.29) is 11.8 Å². The van der Waals surface area contributed by atoms with Gasteiger partial charge in [0.2, 0.25) is 5.91 Å². The van der Waals surface area contributed by atoms with Gasteiger partial charge in [-0.3, -0.25) is 9.69 Å². The van der Waals surface area contributed by atoms with Crippen LogP contribution >= 0.6 is 0 Å². The number of carbonyl (C=O) groups excluding carboxylic acids is 1. The van der Waals surface area contributed by atoms with Crippen molar-refractivity contribution < 1.29 is 9.53 Å². The van der Waals surface area contributed by atoms with Gasteiger partial charge in [0.15, 0.2) is 5.96 Å². The summed E-state index contributed by atoms with van der Waals surface area (Å²) in [4.78, 5) is 18.2. The maximum atomic E-state index is 12.2. The number of nitrogens with zero attached hydrogens (tertiary/aromatic N) is 2. The largest absolute Gasteiger partial charge is 0.497 e. The Morgan fingerprint density at radius 2 is 1.89 bits per heavy atom. The number of benzene rings is 2. The molecule has 3 rings (SSSR count). The average molecular weight is 365 g/mol. The zero-order valence-electron chi connectivity index (χ0n) is 16.4. The van der Waals surface area contributed by atoms with E-state index in [1.54, 1.807) is 14.2 Å². The van der Waals surface area contributed by atoms with Crippen molar-refractivity contribution in [2.24, 2.45) is 10.7 Å². The molecule has 1 aliphatic heterocycles. The minimum Gasteiger partial charge on any atom is -0.497 e. The summed E-state index contributed by atoms with van der Waals surface area (Å²) in [7, 11) is 3.34. The zero-order chi connectivity index (χ0) is 19.6. The van der Waals surface area contributed by atoms with Gasteiger partial charge in [0.1, 0.15) is 5.75 Å². The molecule has 0 aliphatic carbocycles. The van der Waals surface area contributed by atoms with E-state index in [0.717, 1.165) is 23.3 Å².